The van der Waals surface area contributed by atoms with Crippen LogP contribution in [0.15, 0.2) is 10.5 Å². The maximum absolute atomic E-state index is 12.7. The summed E-state index contributed by atoms with van der Waals surface area (Å²) in [6.45, 7) is 9.46. The van der Waals surface area contributed by atoms with Gasteiger partial charge in [-0.3, -0.25) is 9.59 Å². The van der Waals surface area contributed by atoms with Crippen molar-refractivity contribution in [1.82, 2.24) is 15.5 Å². The Hall–Kier alpha value is -1.53. The van der Waals surface area contributed by atoms with E-state index in [1.54, 1.807) is 6.07 Å². The van der Waals surface area contributed by atoms with Gasteiger partial charge in [-0.2, -0.15) is 0 Å². The van der Waals surface area contributed by atoms with Crippen LogP contribution in [0.2, 0.25) is 0 Å². The molecule has 0 bridgehead atoms. The maximum Gasteiger partial charge on any atom is 0.255 e. The lowest BCUT2D eigenvalue weighted by molar-refractivity contribution is -0.133. The van der Waals surface area contributed by atoms with Crippen molar-refractivity contribution in [3.63, 3.8) is 0 Å². The monoisotopic (exact) mass is 411 g/mol. The normalized spacial score (nSPS) is 21.7. The number of hydrogen-bond donors (Lipinski definition) is 2. The molecule has 2 saturated heterocycles. The summed E-state index contributed by atoms with van der Waals surface area (Å²) in [6, 6.07) is 1.90. The minimum atomic E-state index is -0.0763. The molecule has 28 heavy (non-hydrogen) atoms. The van der Waals surface area contributed by atoms with E-state index < -0.39 is 0 Å². The van der Waals surface area contributed by atoms with Crippen LogP contribution in [0.3, 0.4) is 0 Å². The zero-order valence-electron chi connectivity index (χ0n) is 17.3. The topological polar surface area (TPSA) is 74.6 Å². The van der Waals surface area contributed by atoms with Crippen LogP contribution in [0.1, 0.15) is 60.9 Å². The lowest BCUT2D eigenvalue weighted by atomic mass is 9.85. The molecule has 3 heterocycles. The first-order chi connectivity index (χ1) is 12.9. The molecule has 3 rings (SSSR count). The molecule has 6 nitrogen and oxygen atoms in total. The minimum Gasteiger partial charge on any atom is -0.466 e. The first kappa shape index (κ1) is 22.8. The van der Waals surface area contributed by atoms with Gasteiger partial charge < -0.3 is 20.0 Å². The summed E-state index contributed by atoms with van der Waals surface area (Å²) < 4.78 is 5.44. The number of furan rings is 1. The zero-order valence-corrected chi connectivity index (χ0v) is 18.1. The molecule has 0 spiro atoms. The highest BCUT2D eigenvalue weighted by Gasteiger charge is 2.28. The highest BCUT2D eigenvalue weighted by molar-refractivity contribution is 5.95. The third kappa shape index (κ3) is 5.74. The molecule has 2 N–H and O–H groups in total. The number of likely N-dealkylation sites (tertiary alicyclic amines) is 1. The molecular formula is C21H34ClN3O3. The van der Waals surface area contributed by atoms with Crippen LogP contribution in [-0.4, -0.2) is 48.9 Å². The Balaban J connectivity index is 0.00000280. The molecule has 1 aromatic rings. The van der Waals surface area contributed by atoms with E-state index in [-0.39, 0.29) is 30.3 Å². The van der Waals surface area contributed by atoms with Gasteiger partial charge in [0.1, 0.15) is 11.5 Å². The van der Waals surface area contributed by atoms with Crippen molar-refractivity contribution < 1.29 is 14.0 Å². The SMILES string of the molecule is Cc1cc(C(=O)NC2CCN(C(=O)CC(C)C3CCCNC3)CC2)c(C)o1.Cl. The standard InChI is InChI=1S/C21H33N3O3.ClH/c1-14(17-5-4-8-22-13-17)11-20(25)24-9-6-18(7-10-24)23-21(26)19-12-15(2)27-16(19)3;/h12,14,17-18,22H,4-11,13H2,1-3H3,(H,23,26);1H. The number of halogens is 1. The van der Waals surface area contributed by atoms with Crippen molar-refractivity contribution >= 4 is 24.2 Å². The van der Waals surface area contributed by atoms with Gasteiger partial charge in [0.25, 0.3) is 5.91 Å². The van der Waals surface area contributed by atoms with Crippen LogP contribution in [0, 0.1) is 25.7 Å². The number of carbonyl (C=O) groups excluding carboxylic acids is 2. The molecule has 2 unspecified atom stereocenters. The van der Waals surface area contributed by atoms with Crippen LogP contribution in [-0.2, 0) is 4.79 Å². The first-order valence-corrected chi connectivity index (χ1v) is 10.3. The number of rotatable bonds is 5. The van der Waals surface area contributed by atoms with Gasteiger partial charge in [-0.25, -0.2) is 0 Å². The zero-order chi connectivity index (χ0) is 19.4. The number of piperidine rings is 2. The molecule has 2 amide bonds. The molecule has 2 fully saturated rings. The van der Waals surface area contributed by atoms with Crippen LogP contribution in [0.4, 0.5) is 0 Å². The van der Waals surface area contributed by atoms with Gasteiger partial charge in [0.05, 0.1) is 5.56 Å². The van der Waals surface area contributed by atoms with Crippen molar-refractivity contribution in [2.45, 2.75) is 58.9 Å². The Bertz CT molecular complexity index is 662. The quantitative estimate of drug-likeness (QED) is 0.780. The van der Waals surface area contributed by atoms with Crippen LogP contribution < -0.4 is 10.6 Å². The van der Waals surface area contributed by atoms with Gasteiger partial charge in [0.2, 0.25) is 5.91 Å². The van der Waals surface area contributed by atoms with Crippen molar-refractivity contribution in [1.29, 1.82) is 0 Å². The van der Waals surface area contributed by atoms with Gasteiger partial charge in [-0.05, 0) is 70.5 Å². The third-order valence-corrected chi connectivity index (χ3v) is 6.10. The highest BCUT2D eigenvalue weighted by atomic mass is 35.5. The average molecular weight is 412 g/mol. The predicted molar refractivity (Wildman–Crippen MR) is 112 cm³/mol. The highest BCUT2D eigenvalue weighted by Crippen LogP contribution is 2.24. The minimum absolute atomic E-state index is 0. The van der Waals surface area contributed by atoms with E-state index in [2.05, 4.69) is 17.6 Å². The number of nitrogens with zero attached hydrogens (tertiary/aromatic N) is 1. The van der Waals surface area contributed by atoms with Gasteiger partial charge in [0, 0.05) is 25.6 Å². The Morgan fingerprint density at radius 2 is 2.00 bits per heavy atom. The van der Waals surface area contributed by atoms with Gasteiger partial charge in [0.15, 0.2) is 0 Å². The average Bonchev–Trinajstić information content (AvgIpc) is 3.01. The van der Waals surface area contributed by atoms with E-state index in [1.807, 2.05) is 18.7 Å². The summed E-state index contributed by atoms with van der Waals surface area (Å²) in [4.78, 5) is 27.1. The van der Waals surface area contributed by atoms with E-state index in [9.17, 15) is 9.59 Å². The maximum atomic E-state index is 12.7. The van der Waals surface area contributed by atoms with Gasteiger partial charge >= 0.3 is 0 Å². The number of carbonyl (C=O) groups is 2. The summed E-state index contributed by atoms with van der Waals surface area (Å²) in [7, 11) is 0. The largest absolute Gasteiger partial charge is 0.466 e. The second-order valence-corrected chi connectivity index (χ2v) is 8.24. The fraction of sp³-hybridized carbons (Fsp3) is 0.714. The van der Waals surface area contributed by atoms with E-state index in [0.29, 0.717) is 29.6 Å². The van der Waals surface area contributed by atoms with E-state index in [0.717, 1.165) is 44.8 Å². The number of hydrogen-bond acceptors (Lipinski definition) is 4. The molecule has 0 aromatic carbocycles. The number of amides is 2. The second kappa shape index (κ2) is 10.3. The van der Waals surface area contributed by atoms with Gasteiger partial charge in [-0.15, -0.1) is 12.4 Å². The van der Waals surface area contributed by atoms with E-state index in [4.69, 9.17) is 4.42 Å². The Labute approximate surface area is 174 Å². The molecule has 0 saturated carbocycles. The molecule has 0 aliphatic carbocycles. The van der Waals surface area contributed by atoms with Gasteiger partial charge in [-0.1, -0.05) is 6.92 Å². The van der Waals surface area contributed by atoms with E-state index >= 15 is 0 Å². The lowest BCUT2D eigenvalue weighted by Gasteiger charge is -2.34. The Morgan fingerprint density at radius 1 is 1.29 bits per heavy atom. The third-order valence-electron chi connectivity index (χ3n) is 6.10. The van der Waals surface area contributed by atoms with Crippen molar-refractivity contribution in [2.75, 3.05) is 26.2 Å². The van der Waals surface area contributed by atoms with Crippen molar-refractivity contribution in [3.8, 4) is 0 Å². The van der Waals surface area contributed by atoms with Crippen LogP contribution in [0.5, 0.6) is 0 Å². The molecule has 7 heteroatoms. The Kier molecular flexibility index (Phi) is 8.38. The fourth-order valence-corrected chi connectivity index (χ4v) is 4.33. The number of nitrogens with one attached hydrogen (secondary N) is 2. The molecule has 2 aliphatic rings. The lowest BCUT2D eigenvalue weighted by Crippen LogP contribution is -2.47. The molecule has 0 radical (unpaired) electrons. The predicted octanol–water partition coefficient (Wildman–Crippen LogP) is 3.06. The van der Waals surface area contributed by atoms with Crippen LogP contribution >= 0.6 is 12.4 Å². The summed E-state index contributed by atoms with van der Waals surface area (Å²) >= 11 is 0. The smallest absolute Gasteiger partial charge is 0.255 e. The molecule has 2 atom stereocenters. The van der Waals surface area contributed by atoms with E-state index in [1.165, 1.54) is 12.8 Å². The Morgan fingerprint density at radius 3 is 2.57 bits per heavy atom. The summed E-state index contributed by atoms with van der Waals surface area (Å²) in [5, 5.41) is 6.54. The molecule has 1 aromatic heterocycles. The first-order valence-electron chi connectivity index (χ1n) is 10.3. The summed E-state index contributed by atoms with van der Waals surface area (Å²) in [5.41, 5.74) is 0.612. The van der Waals surface area contributed by atoms with Crippen molar-refractivity contribution in [2.24, 2.45) is 11.8 Å². The molecule has 2 aliphatic heterocycles. The number of aryl methyl sites for hydroxylation is 2. The molecular weight excluding hydrogens is 378 g/mol. The fourth-order valence-electron chi connectivity index (χ4n) is 4.33. The summed E-state index contributed by atoms with van der Waals surface area (Å²) in [6.07, 6.45) is 4.70. The second-order valence-electron chi connectivity index (χ2n) is 8.24. The molecule has 158 valence electrons. The van der Waals surface area contributed by atoms with Crippen molar-refractivity contribution in [3.05, 3.63) is 23.2 Å². The van der Waals surface area contributed by atoms with Crippen LogP contribution in [0.25, 0.3) is 0 Å². The summed E-state index contributed by atoms with van der Waals surface area (Å²) in [5.74, 6) is 2.63.